The second kappa shape index (κ2) is 10.3. The molecule has 134 valence electrons. The van der Waals surface area contributed by atoms with E-state index in [0.717, 1.165) is 22.1 Å². The number of hydrogen-bond acceptors (Lipinski definition) is 0. The predicted molar refractivity (Wildman–Crippen MR) is 94.2 cm³/mol. The predicted octanol–water partition coefficient (Wildman–Crippen LogP) is -2.45. The highest BCUT2D eigenvalue weighted by Gasteiger charge is 2.25. The maximum Gasteiger partial charge on any atom is 0.129 e. The van der Waals surface area contributed by atoms with Gasteiger partial charge in [0, 0.05) is 11.1 Å². The number of halogens is 2. The number of hydrogen-bond donors (Lipinski definition) is 0. The molecule has 0 heterocycles. The highest BCUT2D eigenvalue weighted by molar-refractivity contribution is 5.15. The average molecular weight is 458 g/mol. The lowest BCUT2D eigenvalue weighted by Crippen LogP contribution is -3.00. The van der Waals surface area contributed by atoms with Crippen molar-refractivity contribution in [3.63, 3.8) is 0 Å². The summed E-state index contributed by atoms with van der Waals surface area (Å²) in [6.07, 6.45) is 0. The van der Waals surface area contributed by atoms with Crippen LogP contribution in [-0.4, -0.2) is 50.2 Å². The first kappa shape index (κ1) is 23.3. The highest BCUT2D eigenvalue weighted by atomic mass is 79.9. The van der Waals surface area contributed by atoms with Crippen molar-refractivity contribution in [2.45, 2.75) is 13.1 Å². The molecule has 0 saturated carbocycles. The molecule has 2 nitrogen and oxygen atoms in total. The van der Waals surface area contributed by atoms with E-state index in [-0.39, 0.29) is 34.0 Å². The fraction of sp³-hybridized carbons (Fsp3) is 0.400. The summed E-state index contributed by atoms with van der Waals surface area (Å²) in [6.45, 7) is 4.51. The van der Waals surface area contributed by atoms with Crippen molar-refractivity contribution in [3.05, 3.63) is 71.8 Å². The van der Waals surface area contributed by atoms with Crippen LogP contribution in [0.3, 0.4) is 0 Å². The number of benzene rings is 2. The molecule has 0 aromatic heterocycles. The van der Waals surface area contributed by atoms with Crippen LogP contribution in [0.2, 0.25) is 0 Å². The lowest BCUT2D eigenvalue weighted by Gasteiger charge is -2.37. The molecule has 0 radical (unpaired) electrons. The zero-order chi connectivity index (χ0) is 16.1. The van der Waals surface area contributed by atoms with Crippen molar-refractivity contribution in [2.24, 2.45) is 0 Å². The molecule has 0 aliphatic rings. The molecule has 2 aromatic carbocycles. The number of likely N-dealkylation sites (N-methyl/N-ethyl adjacent to an activating group) is 2. The van der Waals surface area contributed by atoms with Gasteiger partial charge in [0.05, 0.1) is 28.2 Å². The Kier molecular flexibility index (Phi) is 10.0. The van der Waals surface area contributed by atoms with Gasteiger partial charge < -0.3 is 42.9 Å². The third-order valence-electron chi connectivity index (χ3n) is 4.12. The average Bonchev–Trinajstić information content (AvgIpc) is 2.47. The van der Waals surface area contributed by atoms with Crippen LogP contribution >= 0.6 is 0 Å². The van der Waals surface area contributed by atoms with E-state index >= 15 is 0 Å². The Morgan fingerprint density at radius 1 is 0.583 bits per heavy atom. The molecule has 0 fully saturated rings. The molecule has 4 heteroatoms. The molecule has 0 aliphatic heterocycles. The molecule has 24 heavy (non-hydrogen) atoms. The van der Waals surface area contributed by atoms with E-state index in [0.29, 0.717) is 0 Å². The van der Waals surface area contributed by atoms with Crippen molar-refractivity contribution in [1.29, 1.82) is 0 Å². The second-order valence-corrected chi connectivity index (χ2v) is 7.64. The fourth-order valence-electron chi connectivity index (χ4n) is 2.80. The van der Waals surface area contributed by atoms with Crippen molar-refractivity contribution in [2.75, 3.05) is 41.3 Å². The van der Waals surface area contributed by atoms with Gasteiger partial charge in [0.1, 0.15) is 26.2 Å². The first-order valence-electron chi connectivity index (χ1n) is 8.08. The highest BCUT2D eigenvalue weighted by Crippen LogP contribution is 2.17. The summed E-state index contributed by atoms with van der Waals surface area (Å²) < 4.78 is 2.06. The summed E-state index contributed by atoms with van der Waals surface area (Å²) in [5.41, 5.74) is 2.84. The fourth-order valence-corrected chi connectivity index (χ4v) is 2.80. The quantitative estimate of drug-likeness (QED) is 0.405. The van der Waals surface area contributed by atoms with E-state index in [1.807, 2.05) is 0 Å². The summed E-state index contributed by atoms with van der Waals surface area (Å²) in [4.78, 5) is 0. The zero-order valence-electron chi connectivity index (χ0n) is 15.3. The summed E-state index contributed by atoms with van der Waals surface area (Å²) in [5, 5.41) is 0. The Morgan fingerprint density at radius 3 is 1.29 bits per heavy atom. The van der Waals surface area contributed by atoms with Gasteiger partial charge in [0.25, 0.3) is 0 Å². The smallest absolute Gasteiger partial charge is 0.129 e. The maximum atomic E-state index is 2.38. The van der Waals surface area contributed by atoms with Crippen LogP contribution in [-0.2, 0) is 13.1 Å². The molecule has 0 spiro atoms. The van der Waals surface area contributed by atoms with E-state index in [4.69, 9.17) is 0 Å². The van der Waals surface area contributed by atoms with Gasteiger partial charge in [-0.3, -0.25) is 0 Å². The lowest BCUT2D eigenvalue weighted by atomic mass is 10.1. The second-order valence-electron chi connectivity index (χ2n) is 7.64. The Hall–Kier alpha value is -0.680. The standard InChI is InChI=1S/C20H30N2.2BrH/c1-21(2,3)15-16-22(4,17-19-11-7-5-8-12-19)18-20-13-9-6-10-14-20;;/h5-14H,15-18H2,1-4H3;2*1H/q+2;;/p-2. The largest absolute Gasteiger partial charge is 1.00 e. The molecule has 0 bridgehead atoms. The van der Waals surface area contributed by atoms with Crippen LogP contribution in [0.25, 0.3) is 0 Å². The van der Waals surface area contributed by atoms with E-state index in [1.165, 1.54) is 24.2 Å². The van der Waals surface area contributed by atoms with Gasteiger partial charge in [0.15, 0.2) is 0 Å². The molecule has 2 aromatic rings. The molecule has 0 amide bonds. The molecule has 0 aliphatic carbocycles. The van der Waals surface area contributed by atoms with Crippen LogP contribution in [0, 0.1) is 0 Å². The summed E-state index contributed by atoms with van der Waals surface area (Å²) in [7, 11) is 9.20. The van der Waals surface area contributed by atoms with Crippen LogP contribution in [0.4, 0.5) is 0 Å². The number of quaternary nitrogens is 2. The maximum absolute atomic E-state index is 2.38. The minimum Gasteiger partial charge on any atom is -1.00 e. The molecule has 0 saturated heterocycles. The van der Waals surface area contributed by atoms with Gasteiger partial charge in [-0.1, -0.05) is 60.7 Å². The van der Waals surface area contributed by atoms with Crippen molar-refractivity contribution in [1.82, 2.24) is 0 Å². The molecular formula is C20H30Br2N2. The van der Waals surface area contributed by atoms with Gasteiger partial charge in [-0.25, -0.2) is 0 Å². The third-order valence-corrected chi connectivity index (χ3v) is 4.12. The Morgan fingerprint density at radius 2 is 0.958 bits per heavy atom. The van der Waals surface area contributed by atoms with E-state index in [1.54, 1.807) is 0 Å². The van der Waals surface area contributed by atoms with Crippen LogP contribution in [0.5, 0.6) is 0 Å². The third kappa shape index (κ3) is 8.43. The summed E-state index contributed by atoms with van der Waals surface area (Å²) in [6, 6.07) is 21.7. The van der Waals surface area contributed by atoms with Gasteiger partial charge in [-0.15, -0.1) is 0 Å². The summed E-state index contributed by atoms with van der Waals surface area (Å²) in [5.74, 6) is 0. The Balaban J connectivity index is 0.00000264. The SMILES string of the molecule is C[N+](C)(C)CC[N+](C)(Cc1ccccc1)Cc1ccccc1.[Br-].[Br-]. The number of nitrogens with zero attached hydrogens (tertiary/aromatic N) is 2. The first-order chi connectivity index (χ1) is 10.4. The minimum atomic E-state index is 0. The van der Waals surface area contributed by atoms with E-state index in [9.17, 15) is 0 Å². The number of rotatable bonds is 7. The summed E-state index contributed by atoms with van der Waals surface area (Å²) >= 11 is 0. The topological polar surface area (TPSA) is 0 Å². The van der Waals surface area contributed by atoms with Gasteiger partial charge in [-0.2, -0.15) is 0 Å². The van der Waals surface area contributed by atoms with Crippen LogP contribution in [0.1, 0.15) is 11.1 Å². The normalized spacial score (nSPS) is 11.3. The van der Waals surface area contributed by atoms with Crippen molar-refractivity contribution in [3.8, 4) is 0 Å². The molecule has 0 atom stereocenters. The lowest BCUT2D eigenvalue weighted by molar-refractivity contribution is -0.966. The molecule has 0 N–H and O–H groups in total. The van der Waals surface area contributed by atoms with Crippen molar-refractivity contribution >= 4 is 0 Å². The Labute approximate surface area is 168 Å². The van der Waals surface area contributed by atoms with Crippen LogP contribution in [0.15, 0.2) is 60.7 Å². The Bertz CT molecular complexity index is 524. The molecule has 2 rings (SSSR count). The zero-order valence-corrected chi connectivity index (χ0v) is 18.4. The first-order valence-corrected chi connectivity index (χ1v) is 8.08. The monoisotopic (exact) mass is 456 g/mol. The van der Waals surface area contributed by atoms with Crippen molar-refractivity contribution < 1.29 is 42.9 Å². The van der Waals surface area contributed by atoms with Crippen LogP contribution < -0.4 is 34.0 Å². The van der Waals surface area contributed by atoms with E-state index in [2.05, 4.69) is 88.9 Å². The molecular weight excluding hydrogens is 428 g/mol. The minimum absolute atomic E-state index is 0. The van der Waals surface area contributed by atoms with E-state index < -0.39 is 0 Å². The van der Waals surface area contributed by atoms with Gasteiger partial charge in [0.2, 0.25) is 0 Å². The van der Waals surface area contributed by atoms with Gasteiger partial charge >= 0.3 is 0 Å². The molecule has 0 unspecified atom stereocenters. The van der Waals surface area contributed by atoms with Gasteiger partial charge in [-0.05, 0) is 0 Å².